The van der Waals surface area contributed by atoms with Crippen LogP contribution < -0.4 is 5.32 Å². The molecule has 0 aliphatic heterocycles. The number of carbonyl (C=O) groups is 1. The third kappa shape index (κ3) is 2.41. The minimum atomic E-state index is -5.78. The summed E-state index contributed by atoms with van der Waals surface area (Å²) in [5.74, 6) is -5.84. The van der Waals surface area contributed by atoms with Crippen LogP contribution in [0.4, 0.5) is 22.0 Å². The Kier molecular flexibility index (Phi) is 3.34. The van der Waals surface area contributed by atoms with E-state index in [1.165, 1.54) is 14.0 Å². The molecule has 0 aromatic carbocycles. The average Bonchev–Trinajstić information content (AvgIpc) is 2.78. The van der Waals surface area contributed by atoms with Gasteiger partial charge in [-0.15, -0.1) is 0 Å². The van der Waals surface area contributed by atoms with Crippen LogP contribution in [0.15, 0.2) is 12.1 Å². The first-order valence-electron chi connectivity index (χ1n) is 5.62. The van der Waals surface area contributed by atoms with E-state index >= 15 is 0 Å². The van der Waals surface area contributed by atoms with Crippen LogP contribution in [0.1, 0.15) is 21.9 Å². The highest BCUT2D eigenvalue weighted by molar-refractivity contribution is 5.93. The maximum Gasteiger partial charge on any atom is 0.459 e. The van der Waals surface area contributed by atoms with E-state index < -0.39 is 23.7 Å². The largest absolute Gasteiger partial charge is 0.459 e. The normalized spacial score (nSPS) is 12.7. The summed E-state index contributed by atoms with van der Waals surface area (Å²) >= 11 is 0. The lowest BCUT2D eigenvalue weighted by Gasteiger charge is -2.20. The molecule has 10 heteroatoms. The third-order valence-corrected chi connectivity index (χ3v) is 2.69. The predicted molar refractivity (Wildman–Crippen MR) is 61.1 cm³/mol. The number of carbonyl (C=O) groups excluding carboxylic acids is 1. The summed E-state index contributed by atoms with van der Waals surface area (Å²) in [5.41, 5.74) is -2.03. The van der Waals surface area contributed by atoms with Gasteiger partial charge in [0.15, 0.2) is 11.3 Å². The molecule has 2 aromatic rings. The van der Waals surface area contributed by atoms with Crippen LogP contribution in [-0.2, 0) is 5.92 Å². The van der Waals surface area contributed by atoms with Gasteiger partial charge in [0.25, 0.3) is 5.91 Å². The molecule has 0 bridgehead atoms. The van der Waals surface area contributed by atoms with Crippen molar-refractivity contribution in [3.8, 4) is 0 Å². The fraction of sp³-hybridized carbons (Fsp3) is 0.364. The SMILES string of the molecule is CNC(=O)c1cc2nc(C)cc(C(F)(F)C(F)(F)F)n2n1. The summed E-state index contributed by atoms with van der Waals surface area (Å²) in [6.45, 7) is 1.27. The lowest BCUT2D eigenvalue weighted by molar-refractivity contribution is -0.291. The van der Waals surface area contributed by atoms with Crippen molar-refractivity contribution in [2.45, 2.75) is 19.0 Å². The number of rotatable bonds is 2. The summed E-state index contributed by atoms with van der Waals surface area (Å²) in [6.07, 6.45) is -5.78. The monoisotopic (exact) mass is 308 g/mol. The van der Waals surface area contributed by atoms with Crippen LogP contribution in [0.2, 0.25) is 0 Å². The Morgan fingerprint density at radius 3 is 2.38 bits per heavy atom. The summed E-state index contributed by atoms with van der Waals surface area (Å²) in [6, 6.07) is 1.61. The molecule has 0 aliphatic carbocycles. The molecule has 5 nitrogen and oxygen atoms in total. The molecule has 1 N–H and O–H groups in total. The first kappa shape index (κ1) is 15.1. The lowest BCUT2D eigenvalue weighted by Crippen LogP contribution is -2.36. The number of aromatic nitrogens is 3. The number of fused-ring (bicyclic) bond motifs is 1. The number of nitrogens with one attached hydrogen (secondary N) is 1. The highest BCUT2D eigenvalue weighted by Gasteiger charge is 2.60. The molecule has 1 amide bonds. The van der Waals surface area contributed by atoms with Crippen molar-refractivity contribution in [3.05, 3.63) is 29.2 Å². The molecule has 0 saturated heterocycles. The van der Waals surface area contributed by atoms with Gasteiger partial charge in [-0.1, -0.05) is 0 Å². The molecular weight excluding hydrogens is 299 g/mol. The Balaban J connectivity index is 2.74. The fourth-order valence-electron chi connectivity index (χ4n) is 1.71. The molecule has 0 spiro atoms. The van der Waals surface area contributed by atoms with Gasteiger partial charge in [-0.2, -0.15) is 27.1 Å². The highest BCUT2D eigenvalue weighted by atomic mass is 19.4. The zero-order valence-corrected chi connectivity index (χ0v) is 10.8. The molecule has 0 unspecified atom stereocenters. The number of aryl methyl sites for hydroxylation is 1. The van der Waals surface area contributed by atoms with Gasteiger partial charge < -0.3 is 5.32 Å². The molecule has 0 fully saturated rings. The van der Waals surface area contributed by atoms with Gasteiger partial charge in [-0.3, -0.25) is 4.79 Å². The van der Waals surface area contributed by atoms with Crippen molar-refractivity contribution in [3.63, 3.8) is 0 Å². The summed E-state index contributed by atoms with van der Waals surface area (Å²) in [7, 11) is 1.27. The number of amides is 1. The van der Waals surface area contributed by atoms with Gasteiger partial charge in [0, 0.05) is 18.8 Å². The Bertz CT molecular complexity index is 706. The van der Waals surface area contributed by atoms with Crippen molar-refractivity contribution >= 4 is 11.6 Å². The molecular formula is C11H9F5N4O. The highest BCUT2D eigenvalue weighted by Crippen LogP contribution is 2.43. The molecule has 2 rings (SSSR count). The van der Waals surface area contributed by atoms with E-state index in [0.29, 0.717) is 10.6 Å². The Morgan fingerprint density at radius 2 is 1.86 bits per heavy atom. The molecule has 2 aromatic heterocycles. The van der Waals surface area contributed by atoms with Crippen LogP contribution in [0, 0.1) is 6.92 Å². The molecule has 0 atom stereocenters. The zero-order valence-electron chi connectivity index (χ0n) is 10.8. The second-order valence-electron chi connectivity index (χ2n) is 4.23. The minimum Gasteiger partial charge on any atom is -0.354 e. The molecule has 114 valence electrons. The van der Waals surface area contributed by atoms with Crippen molar-refractivity contribution in [1.29, 1.82) is 0 Å². The number of hydrogen-bond acceptors (Lipinski definition) is 3. The van der Waals surface area contributed by atoms with Crippen LogP contribution in [0.25, 0.3) is 5.65 Å². The zero-order chi connectivity index (χ0) is 16.0. The second kappa shape index (κ2) is 4.64. The van der Waals surface area contributed by atoms with E-state index in [-0.39, 0.29) is 17.0 Å². The first-order valence-corrected chi connectivity index (χ1v) is 5.62. The van der Waals surface area contributed by atoms with E-state index in [4.69, 9.17) is 0 Å². The van der Waals surface area contributed by atoms with E-state index in [9.17, 15) is 26.7 Å². The smallest absolute Gasteiger partial charge is 0.354 e. The van der Waals surface area contributed by atoms with Gasteiger partial charge in [-0.05, 0) is 13.0 Å². The lowest BCUT2D eigenvalue weighted by atomic mass is 10.2. The van der Waals surface area contributed by atoms with Crippen molar-refractivity contribution in [2.24, 2.45) is 0 Å². The fourth-order valence-corrected chi connectivity index (χ4v) is 1.71. The molecule has 2 heterocycles. The molecule has 21 heavy (non-hydrogen) atoms. The van der Waals surface area contributed by atoms with Crippen LogP contribution in [-0.4, -0.2) is 33.7 Å². The average molecular weight is 308 g/mol. The Labute approximate surface area is 114 Å². The standard InChI is InChI=1S/C11H9F5N4O/c1-5-3-7(10(12,13)11(14,15)16)20-8(18-5)4-6(19-20)9(21)17-2/h3-4H,1-2H3,(H,17,21). The predicted octanol–water partition coefficient (Wildman–Crippen LogP) is 2.05. The summed E-state index contributed by atoms with van der Waals surface area (Å²) in [5, 5.41) is 5.66. The second-order valence-corrected chi connectivity index (χ2v) is 4.23. The molecule has 0 saturated carbocycles. The quantitative estimate of drug-likeness (QED) is 0.864. The minimum absolute atomic E-state index is 0.0511. The van der Waals surface area contributed by atoms with Crippen LogP contribution >= 0.6 is 0 Å². The molecule has 0 aliphatic rings. The van der Waals surface area contributed by atoms with Gasteiger partial charge >= 0.3 is 12.1 Å². The van der Waals surface area contributed by atoms with Gasteiger partial charge in [0.1, 0.15) is 5.69 Å². The number of alkyl halides is 5. The summed E-state index contributed by atoms with van der Waals surface area (Å²) in [4.78, 5) is 15.2. The number of halogens is 5. The number of nitrogens with zero attached hydrogens (tertiary/aromatic N) is 3. The van der Waals surface area contributed by atoms with Gasteiger partial charge in [0.2, 0.25) is 0 Å². The van der Waals surface area contributed by atoms with Crippen molar-refractivity contribution < 1.29 is 26.7 Å². The van der Waals surface area contributed by atoms with Crippen molar-refractivity contribution in [2.75, 3.05) is 7.05 Å². The Hall–Kier alpha value is -2.26. The van der Waals surface area contributed by atoms with E-state index in [0.717, 1.165) is 6.07 Å². The maximum absolute atomic E-state index is 13.6. The Morgan fingerprint density at radius 1 is 1.24 bits per heavy atom. The van der Waals surface area contributed by atoms with Gasteiger partial charge in [-0.25, -0.2) is 9.50 Å². The summed E-state index contributed by atoms with van der Waals surface area (Å²) < 4.78 is 65.0. The van der Waals surface area contributed by atoms with E-state index in [1.54, 1.807) is 0 Å². The van der Waals surface area contributed by atoms with Crippen LogP contribution in [0.3, 0.4) is 0 Å². The van der Waals surface area contributed by atoms with Crippen molar-refractivity contribution in [1.82, 2.24) is 19.9 Å². The van der Waals surface area contributed by atoms with Gasteiger partial charge in [0.05, 0.1) is 0 Å². The first-order chi connectivity index (χ1) is 9.57. The molecule has 0 radical (unpaired) electrons. The van der Waals surface area contributed by atoms with Crippen LogP contribution in [0.5, 0.6) is 0 Å². The van der Waals surface area contributed by atoms with E-state index in [1.807, 2.05) is 0 Å². The topological polar surface area (TPSA) is 59.3 Å². The number of hydrogen-bond donors (Lipinski definition) is 1. The third-order valence-electron chi connectivity index (χ3n) is 2.69. The van der Waals surface area contributed by atoms with E-state index in [2.05, 4.69) is 15.4 Å². The maximum atomic E-state index is 13.6.